The number of anilines is 1. The summed E-state index contributed by atoms with van der Waals surface area (Å²) in [4.78, 5) is 119. The number of carboxylic acids is 1. The molecule has 0 radical (unpaired) electrons. The van der Waals surface area contributed by atoms with Gasteiger partial charge in [0.2, 0.25) is 17.7 Å². The molecule has 2 heterocycles. The zero-order valence-electron chi connectivity index (χ0n) is 47.2. The minimum atomic E-state index is -1.27. The largest absolute Gasteiger partial charge is 0.481 e. The number of piperidine rings is 1. The monoisotopic (exact) mass is 1100 g/mol. The molecular formula is C54H89N11O11S. The number of carboxylic acid groups (broad SMARTS) is 1. The summed E-state index contributed by atoms with van der Waals surface area (Å²) in [5, 5.41) is 29.8. The van der Waals surface area contributed by atoms with Crippen molar-refractivity contribution in [2.24, 2.45) is 34.6 Å². The van der Waals surface area contributed by atoms with Crippen LogP contribution in [0.15, 0.2) is 29.6 Å². The van der Waals surface area contributed by atoms with E-state index in [2.05, 4.69) is 43.8 Å². The standard InChI is InChI=1S/C54H89N11O11S/c1-12-14-17-27-75-65(50(70)44(34(7)13-2)63-47(68)40-20-15-16-26-64(40)11)41(32(3)4)29-42(76-53(74)57-10)49-62-39(31-77-49)46(67)60-37(30-54(8,9)51(71)72)28-35-21-23-36(24-22-35)59-45(66)38(19-18-25-58-52(56)73)61-48(69)43(55)33(5)6/h21-24,31-34,37-38,40-44H,12-20,25-30,55H2,1-11H3,(H,57,74)(H,59,66)(H,60,67)(H,61,69)(H,63,68)(H,71,72)(H3,56,58,73)/t34-,37-,38-,40+,41+,42+,43-,44-/m0/s1. The van der Waals surface area contributed by atoms with Gasteiger partial charge in [-0.2, -0.15) is 0 Å². The fraction of sp³-hybridized carbons (Fsp3) is 0.685. The van der Waals surface area contributed by atoms with Crippen molar-refractivity contribution in [1.82, 2.24) is 41.5 Å². The molecule has 1 aromatic carbocycles. The van der Waals surface area contributed by atoms with Crippen molar-refractivity contribution in [2.75, 3.05) is 39.1 Å². The van der Waals surface area contributed by atoms with Crippen LogP contribution in [0.25, 0.3) is 0 Å². The lowest BCUT2D eigenvalue weighted by Gasteiger charge is -2.39. The number of hydrogen-bond acceptors (Lipinski definition) is 14. The Balaban J connectivity index is 1.93. The maximum atomic E-state index is 14.9. The molecule has 22 nitrogen and oxygen atoms in total. The summed E-state index contributed by atoms with van der Waals surface area (Å²) >= 11 is 1.08. The van der Waals surface area contributed by atoms with Crippen molar-refractivity contribution in [2.45, 2.75) is 182 Å². The van der Waals surface area contributed by atoms with Gasteiger partial charge in [0.1, 0.15) is 22.8 Å². The first kappa shape index (κ1) is 65.4. The van der Waals surface area contributed by atoms with Gasteiger partial charge in [-0.15, -0.1) is 11.3 Å². The van der Waals surface area contributed by atoms with Crippen LogP contribution in [0.4, 0.5) is 15.3 Å². The van der Waals surface area contributed by atoms with Crippen LogP contribution in [0, 0.1) is 23.2 Å². The van der Waals surface area contributed by atoms with Crippen LogP contribution in [-0.2, 0) is 40.0 Å². The molecule has 3 rings (SSSR count). The second kappa shape index (κ2) is 32.1. The zero-order valence-corrected chi connectivity index (χ0v) is 48.0. The lowest BCUT2D eigenvalue weighted by molar-refractivity contribution is -0.212. The molecule has 0 unspecified atom stereocenters. The number of likely N-dealkylation sites (tertiary alicyclic amines) is 1. The van der Waals surface area contributed by atoms with E-state index in [-0.39, 0.29) is 79.2 Å². The number of aromatic nitrogens is 1. The number of unbranched alkanes of at least 4 members (excludes halogenated alkanes) is 2. The van der Waals surface area contributed by atoms with E-state index in [4.69, 9.17) is 21.0 Å². The Labute approximate surface area is 459 Å². The number of hydroxylamine groups is 2. The molecule has 0 aliphatic carbocycles. The number of nitrogens with two attached hydrogens (primary N) is 2. The Morgan fingerprint density at radius 2 is 1.62 bits per heavy atom. The molecule has 77 heavy (non-hydrogen) atoms. The van der Waals surface area contributed by atoms with Crippen LogP contribution in [-0.4, -0.2) is 138 Å². The second-order valence-corrected chi connectivity index (χ2v) is 22.4. The number of carbonyl (C=O) groups is 8. The fourth-order valence-electron chi connectivity index (χ4n) is 8.83. The highest BCUT2D eigenvalue weighted by molar-refractivity contribution is 7.09. The molecule has 8 atom stereocenters. The Kier molecular flexibility index (Phi) is 27.3. The van der Waals surface area contributed by atoms with Gasteiger partial charge in [-0.1, -0.05) is 86.3 Å². The molecule has 1 aromatic heterocycles. The first-order chi connectivity index (χ1) is 36.3. The number of urea groups is 1. The third-order valence-corrected chi connectivity index (χ3v) is 15.0. The topological polar surface area (TPSA) is 319 Å². The number of alkyl carbamates (subject to hydrolysis) is 1. The molecular weight excluding hydrogens is 1010 g/mol. The maximum absolute atomic E-state index is 14.9. The molecule has 1 fully saturated rings. The van der Waals surface area contributed by atoms with E-state index in [1.165, 1.54) is 17.5 Å². The predicted octanol–water partition coefficient (Wildman–Crippen LogP) is 5.62. The molecule has 1 aliphatic rings. The fourth-order valence-corrected chi connectivity index (χ4v) is 9.67. The number of ether oxygens (including phenoxy) is 1. The highest BCUT2D eigenvalue weighted by Crippen LogP contribution is 2.33. The molecule has 2 aromatic rings. The molecule has 0 spiro atoms. The van der Waals surface area contributed by atoms with E-state index >= 15 is 0 Å². The van der Waals surface area contributed by atoms with Gasteiger partial charge in [-0.05, 0) is 108 Å². The number of amides is 8. The highest BCUT2D eigenvalue weighted by atomic mass is 32.1. The maximum Gasteiger partial charge on any atom is 0.407 e. The van der Waals surface area contributed by atoms with E-state index < -0.39 is 83.5 Å². The SMILES string of the molecule is CCCCCON(C(=O)[C@@H](NC(=O)[C@H]1CCCCN1C)[C@@H](C)CC)[C@H](C[C@@H](OC(=O)NC)c1nc(C(=O)N[C@@H](Cc2ccc(NC(=O)[C@H](CCCNC(N)=O)NC(=O)[C@@H](N)C(C)C)cc2)CC(C)(C)C(=O)O)cs1)C(C)C. The van der Waals surface area contributed by atoms with Gasteiger partial charge in [0.05, 0.1) is 30.1 Å². The van der Waals surface area contributed by atoms with Crippen LogP contribution in [0.1, 0.15) is 160 Å². The molecule has 0 bridgehead atoms. The van der Waals surface area contributed by atoms with E-state index in [9.17, 15) is 43.5 Å². The highest BCUT2D eigenvalue weighted by Gasteiger charge is 2.40. The van der Waals surface area contributed by atoms with E-state index in [0.717, 1.165) is 43.6 Å². The zero-order chi connectivity index (χ0) is 57.6. The van der Waals surface area contributed by atoms with Crippen molar-refractivity contribution in [1.29, 1.82) is 0 Å². The lowest BCUT2D eigenvalue weighted by atomic mass is 9.84. The molecule has 432 valence electrons. The third kappa shape index (κ3) is 21.1. The smallest absolute Gasteiger partial charge is 0.407 e. The number of hydrogen-bond donors (Lipinski definition) is 9. The minimum Gasteiger partial charge on any atom is -0.481 e. The number of benzene rings is 1. The number of nitrogens with one attached hydrogen (secondary N) is 6. The summed E-state index contributed by atoms with van der Waals surface area (Å²) in [6.45, 7) is 17.7. The van der Waals surface area contributed by atoms with E-state index in [1.807, 2.05) is 39.6 Å². The number of likely N-dealkylation sites (N-methyl/N-ethyl adjacent to an activating group) is 1. The van der Waals surface area contributed by atoms with Gasteiger partial charge >= 0.3 is 18.1 Å². The first-order valence-corrected chi connectivity index (χ1v) is 28.0. The Morgan fingerprint density at radius 3 is 2.21 bits per heavy atom. The van der Waals surface area contributed by atoms with Crippen molar-refractivity contribution in [3.8, 4) is 0 Å². The van der Waals surface area contributed by atoms with Gasteiger partial charge in [0.15, 0.2) is 6.10 Å². The summed E-state index contributed by atoms with van der Waals surface area (Å²) in [6, 6.07) is 1.48. The predicted molar refractivity (Wildman–Crippen MR) is 295 cm³/mol. The molecule has 23 heteroatoms. The van der Waals surface area contributed by atoms with Crippen molar-refractivity contribution in [3.63, 3.8) is 0 Å². The number of nitrogens with zero attached hydrogens (tertiary/aromatic N) is 3. The number of carbonyl (C=O) groups excluding carboxylic acids is 7. The van der Waals surface area contributed by atoms with Crippen LogP contribution < -0.4 is 43.4 Å². The molecule has 8 amide bonds. The van der Waals surface area contributed by atoms with E-state index in [0.29, 0.717) is 36.9 Å². The Morgan fingerprint density at radius 1 is 0.935 bits per heavy atom. The third-order valence-electron chi connectivity index (χ3n) is 14.1. The number of primary amides is 1. The number of aliphatic carboxylic acids is 1. The van der Waals surface area contributed by atoms with Gasteiger partial charge in [-0.3, -0.25) is 38.5 Å². The second-order valence-electron chi connectivity index (χ2n) is 21.5. The van der Waals surface area contributed by atoms with Crippen molar-refractivity contribution >= 4 is 64.7 Å². The average molecular weight is 1100 g/mol. The quantitative estimate of drug-likeness (QED) is 0.0318. The van der Waals surface area contributed by atoms with Crippen molar-refractivity contribution < 1.29 is 53.0 Å². The Hall–Kier alpha value is -5.91. The van der Waals surface area contributed by atoms with Crippen molar-refractivity contribution in [3.05, 3.63) is 45.9 Å². The van der Waals surface area contributed by atoms with Gasteiger partial charge in [-0.25, -0.2) is 19.6 Å². The van der Waals surface area contributed by atoms with E-state index in [1.54, 1.807) is 52.0 Å². The van der Waals surface area contributed by atoms with Crippen LogP contribution in [0.3, 0.4) is 0 Å². The van der Waals surface area contributed by atoms with Crippen LogP contribution >= 0.6 is 11.3 Å². The lowest BCUT2D eigenvalue weighted by Crippen LogP contribution is -2.58. The first-order valence-electron chi connectivity index (χ1n) is 27.2. The molecule has 0 saturated carbocycles. The van der Waals surface area contributed by atoms with Crippen LogP contribution in [0.2, 0.25) is 0 Å². The van der Waals surface area contributed by atoms with Gasteiger partial charge < -0.3 is 53.2 Å². The number of rotatable bonds is 32. The summed E-state index contributed by atoms with van der Waals surface area (Å²) in [7, 11) is 3.33. The van der Waals surface area contributed by atoms with Crippen LogP contribution in [0.5, 0.6) is 0 Å². The minimum absolute atomic E-state index is 0.00910. The Bertz CT molecular complexity index is 2240. The summed E-state index contributed by atoms with van der Waals surface area (Å²) < 4.78 is 5.95. The summed E-state index contributed by atoms with van der Waals surface area (Å²) in [5.74, 6) is -4.03. The summed E-state index contributed by atoms with van der Waals surface area (Å²) in [6.07, 6.45) is 4.53. The average Bonchev–Trinajstić information content (AvgIpc) is 3.88. The van der Waals surface area contributed by atoms with Gasteiger partial charge in [0.25, 0.3) is 11.8 Å². The van der Waals surface area contributed by atoms with Gasteiger partial charge in [0, 0.05) is 37.1 Å². The molecule has 11 N–H and O–H groups in total. The summed E-state index contributed by atoms with van der Waals surface area (Å²) in [5.41, 5.74) is 11.0. The molecule has 1 saturated heterocycles. The number of thiazole rings is 1. The normalized spacial score (nSPS) is 16.7. The molecule has 1 aliphatic heterocycles.